The number of pyridine rings is 2. The topological polar surface area (TPSA) is 84.0 Å². The van der Waals surface area contributed by atoms with E-state index < -0.39 is 17.6 Å². The van der Waals surface area contributed by atoms with Crippen LogP contribution in [0.25, 0.3) is 22.0 Å². The summed E-state index contributed by atoms with van der Waals surface area (Å²) in [5.74, 6) is -0.701. The van der Waals surface area contributed by atoms with Gasteiger partial charge >= 0.3 is 6.18 Å². The highest BCUT2D eigenvalue weighted by Gasteiger charge is 2.30. The normalized spacial score (nSPS) is 12.1. The molecule has 3 aromatic carbocycles. The fraction of sp³-hybridized carbons (Fsp3) is 0.125. The highest BCUT2D eigenvalue weighted by molar-refractivity contribution is 6.10. The summed E-state index contributed by atoms with van der Waals surface area (Å²) in [5.41, 5.74) is 3.56. The van der Waals surface area contributed by atoms with Gasteiger partial charge in [0.05, 0.1) is 28.4 Å². The summed E-state index contributed by atoms with van der Waals surface area (Å²) in [4.78, 5) is 34.8. The van der Waals surface area contributed by atoms with Gasteiger partial charge in [0.15, 0.2) is 0 Å². The van der Waals surface area contributed by atoms with Crippen molar-refractivity contribution >= 4 is 28.4 Å². The zero-order valence-electron chi connectivity index (χ0n) is 22.2. The average molecular weight is 555 g/mol. The summed E-state index contributed by atoms with van der Waals surface area (Å²) >= 11 is 0. The number of carbonyl (C=O) groups is 2. The molecule has 5 rings (SSSR count). The second kappa shape index (κ2) is 11.2. The Kier molecular flexibility index (Phi) is 7.52. The number of rotatable bonds is 6. The van der Waals surface area contributed by atoms with Crippen LogP contribution in [0.1, 0.15) is 50.5 Å². The van der Waals surface area contributed by atoms with Crippen molar-refractivity contribution in [2.45, 2.75) is 26.1 Å². The van der Waals surface area contributed by atoms with E-state index in [1.54, 1.807) is 61.7 Å². The van der Waals surface area contributed by atoms with Gasteiger partial charge < -0.3 is 10.6 Å². The lowest BCUT2D eigenvalue weighted by atomic mass is 9.94. The molecule has 2 aromatic heterocycles. The Morgan fingerprint density at radius 1 is 0.854 bits per heavy atom. The molecule has 0 fully saturated rings. The third-order valence-corrected chi connectivity index (χ3v) is 6.70. The monoisotopic (exact) mass is 554 g/mol. The van der Waals surface area contributed by atoms with Crippen molar-refractivity contribution in [1.29, 1.82) is 0 Å². The number of alkyl halides is 3. The van der Waals surface area contributed by atoms with Crippen molar-refractivity contribution in [3.05, 3.63) is 125 Å². The van der Waals surface area contributed by atoms with Crippen molar-refractivity contribution < 1.29 is 22.8 Å². The van der Waals surface area contributed by atoms with E-state index in [-0.39, 0.29) is 11.9 Å². The fourth-order valence-corrected chi connectivity index (χ4v) is 4.57. The van der Waals surface area contributed by atoms with E-state index in [9.17, 15) is 22.8 Å². The van der Waals surface area contributed by atoms with Crippen LogP contribution < -0.4 is 10.6 Å². The molecule has 0 saturated carbocycles. The highest BCUT2D eigenvalue weighted by Crippen LogP contribution is 2.33. The Morgan fingerprint density at radius 2 is 1.63 bits per heavy atom. The number of fused-ring (bicyclic) bond motifs is 1. The molecule has 206 valence electrons. The highest BCUT2D eigenvalue weighted by atomic mass is 19.4. The van der Waals surface area contributed by atoms with Gasteiger partial charge in [-0.15, -0.1) is 0 Å². The lowest BCUT2D eigenvalue weighted by Gasteiger charge is -2.15. The molecule has 0 radical (unpaired) electrons. The summed E-state index contributed by atoms with van der Waals surface area (Å²) in [6.45, 7) is 3.65. The number of amides is 2. The van der Waals surface area contributed by atoms with Crippen LogP contribution >= 0.6 is 0 Å². The molecule has 5 aromatic rings. The van der Waals surface area contributed by atoms with Gasteiger partial charge in [0.2, 0.25) is 0 Å². The van der Waals surface area contributed by atoms with Gasteiger partial charge in [-0.25, -0.2) is 0 Å². The Morgan fingerprint density at radius 3 is 2.34 bits per heavy atom. The maximum atomic E-state index is 13.3. The van der Waals surface area contributed by atoms with E-state index in [0.29, 0.717) is 38.8 Å². The number of carbonyl (C=O) groups excluding carboxylic acids is 2. The molecule has 41 heavy (non-hydrogen) atoms. The molecule has 0 aliphatic heterocycles. The Labute approximate surface area is 234 Å². The van der Waals surface area contributed by atoms with Crippen LogP contribution in [0.5, 0.6) is 0 Å². The first-order valence-electron chi connectivity index (χ1n) is 12.8. The zero-order valence-corrected chi connectivity index (χ0v) is 22.2. The molecule has 0 aliphatic carbocycles. The molecule has 0 bridgehead atoms. The summed E-state index contributed by atoms with van der Waals surface area (Å²) in [5, 5.41) is 6.48. The fourth-order valence-electron chi connectivity index (χ4n) is 4.57. The van der Waals surface area contributed by atoms with Crippen LogP contribution in [-0.2, 0) is 6.18 Å². The summed E-state index contributed by atoms with van der Waals surface area (Å²) in [6.07, 6.45) is -1.31. The molecule has 6 nitrogen and oxygen atoms in total. The van der Waals surface area contributed by atoms with Crippen molar-refractivity contribution in [3.63, 3.8) is 0 Å². The number of benzene rings is 3. The van der Waals surface area contributed by atoms with Gasteiger partial charge in [0, 0.05) is 29.0 Å². The average Bonchev–Trinajstić information content (AvgIpc) is 2.96. The first-order valence-corrected chi connectivity index (χ1v) is 12.8. The molecule has 1 atom stereocenters. The van der Waals surface area contributed by atoms with Crippen LogP contribution in [-0.4, -0.2) is 21.8 Å². The van der Waals surface area contributed by atoms with Crippen LogP contribution in [0.4, 0.5) is 18.9 Å². The van der Waals surface area contributed by atoms with Gasteiger partial charge in [-0.3, -0.25) is 19.6 Å². The molecule has 2 amide bonds. The van der Waals surface area contributed by atoms with E-state index >= 15 is 0 Å². The van der Waals surface area contributed by atoms with Crippen molar-refractivity contribution in [2.75, 3.05) is 5.32 Å². The third-order valence-electron chi connectivity index (χ3n) is 6.70. The minimum atomic E-state index is -4.45. The van der Waals surface area contributed by atoms with E-state index in [1.165, 1.54) is 18.3 Å². The van der Waals surface area contributed by atoms with E-state index in [2.05, 4.69) is 20.6 Å². The van der Waals surface area contributed by atoms with Crippen LogP contribution in [0, 0.1) is 6.92 Å². The number of anilines is 1. The molecule has 9 heteroatoms. The minimum Gasteiger partial charge on any atom is -0.344 e. The first kappa shape index (κ1) is 27.5. The van der Waals surface area contributed by atoms with E-state index in [1.807, 2.05) is 19.1 Å². The number of nitrogens with zero attached hydrogens (tertiary/aromatic N) is 2. The molecule has 0 aliphatic rings. The summed E-state index contributed by atoms with van der Waals surface area (Å²) in [6, 6.07) is 22.0. The summed E-state index contributed by atoms with van der Waals surface area (Å²) in [7, 11) is 0. The number of hydrogen-bond donors (Lipinski definition) is 2. The number of halogens is 3. The molecule has 0 saturated heterocycles. The number of nitrogens with one attached hydrogen (secondary N) is 2. The predicted molar refractivity (Wildman–Crippen MR) is 151 cm³/mol. The van der Waals surface area contributed by atoms with Crippen molar-refractivity contribution in [2.24, 2.45) is 0 Å². The molecule has 1 unspecified atom stereocenters. The predicted octanol–water partition coefficient (Wildman–Crippen LogP) is 7.37. The standard InChI is InChI=1S/C32H25F3N4O2/c1-19-6-5-7-26(29(19)21-9-12-24(13-10-21)32(33,34)35)31(41)39-25-14-11-22-16-23(18-37-28(22)17-25)30(40)38-20(2)27-8-3-4-15-36-27/h3-18,20H,1-2H3,(H,38,40)(H,39,41). The Bertz CT molecular complexity index is 1740. The van der Waals surface area contributed by atoms with Gasteiger partial charge in [0.25, 0.3) is 11.8 Å². The van der Waals surface area contributed by atoms with Gasteiger partial charge in [0.1, 0.15) is 0 Å². The van der Waals surface area contributed by atoms with E-state index in [0.717, 1.165) is 23.4 Å². The van der Waals surface area contributed by atoms with Gasteiger partial charge in [-0.2, -0.15) is 13.2 Å². The Hall–Kier alpha value is -5.05. The number of aryl methyl sites for hydroxylation is 1. The largest absolute Gasteiger partial charge is 0.416 e. The molecule has 0 spiro atoms. The lowest BCUT2D eigenvalue weighted by molar-refractivity contribution is -0.137. The zero-order chi connectivity index (χ0) is 29.1. The molecular weight excluding hydrogens is 529 g/mol. The maximum Gasteiger partial charge on any atom is 0.416 e. The van der Waals surface area contributed by atoms with Crippen LogP contribution in [0.2, 0.25) is 0 Å². The smallest absolute Gasteiger partial charge is 0.344 e. The summed E-state index contributed by atoms with van der Waals surface area (Å²) < 4.78 is 39.1. The van der Waals surface area contributed by atoms with E-state index in [4.69, 9.17) is 0 Å². The lowest BCUT2D eigenvalue weighted by Crippen LogP contribution is -2.27. The first-order chi connectivity index (χ1) is 19.6. The van der Waals surface area contributed by atoms with Crippen molar-refractivity contribution in [1.82, 2.24) is 15.3 Å². The second-order valence-electron chi connectivity index (χ2n) is 9.61. The SMILES string of the molecule is Cc1cccc(C(=O)Nc2ccc3cc(C(=O)NC(C)c4ccccn4)cnc3c2)c1-c1ccc(C(F)(F)F)cc1. The Balaban J connectivity index is 1.35. The maximum absolute atomic E-state index is 13.3. The van der Waals surface area contributed by atoms with Crippen LogP contribution in [0.15, 0.2) is 97.3 Å². The number of aromatic nitrogens is 2. The van der Waals surface area contributed by atoms with Gasteiger partial charge in [-0.05, 0) is 79.1 Å². The molecular formula is C32H25F3N4O2. The number of hydrogen-bond acceptors (Lipinski definition) is 4. The van der Waals surface area contributed by atoms with Crippen LogP contribution in [0.3, 0.4) is 0 Å². The molecule has 2 heterocycles. The quantitative estimate of drug-likeness (QED) is 0.230. The third kappa shape index (κ3) is 6.09. The second-order valence-corrected chi connectivity index (χ2v) is 9.61. The minimum absolute atomic E-state index is 0.286. The molecule has 2 N–H and O–H groups in total. The van der Waals surface area contributed by atoms with Gasteiger partial charge in [-0.1, -0.05) is 36.4 Å². The van der Waals surface area contributed by atoms with Crippen molar-refractivity contribution in [3.8, 4) is 11.1 Å².